The lowest BCUT2D eigenvalue weighted by atomic mass is 9.95. The van der Waals surface area contributed by atoms with E-state index < -0.39 is 0 Å². The number of Topliss-reactive ketones (excluding diaryl/α,β-unsaturated/α-hetero) is 1. The molecular weight excluding hydrogens is 222 g/mol. The highest BCUT2D eigenvalue weighted by Gasteiger charge is 2.29. The molecule has 2 nitrogen and oxygen atoms in total. The lowest BCUT2D eigenvalue weighted by Gasteiger charge is -2.10. The van der Waals surface area contributed by atoms with Gasteiger partial charge < -0.3 is 5.73 Å². The van der Waals surface area contributed by atoms with Crippen LogP contribution in [0.15, 0.2) is 42.5 Å². The van der Waals surface area contributed by atoms with Gasteiger partial charge in [-0.05, 0) is 23.6 Å². The second-order valence-electron chi connectivity index (χ2n) is 4.90. The van der Waals surface area contributed by atoms with Crippen molar-refractivity contribution in [1.29, 1.82) is 0 Å². The maximum atomic E-state index is 12.3. The smallest absolute Gasteiger partial charge is 0.166 e. The Hall–Kier alpha value is -2.09. The molecule has 18 heavy (non-hydrogen) atoms. The highest BCUT2D eigenvalue weighted by molar-refractivity contribution is 6.08. The maximum absolute atomic E-state index is 12.3. The molecule has 0 saturated heterocycles. The van der Waals surface area contributed by atoms with E-state index in [1.807, 2.05) is 49.4 Å². The van der Waals surface area contributed by atoms with Gasteiger partial charge in [-0.2, -0.15) is 0 Å². The van der Waals surface area contributed by atoms with Crippen LogP contribution in [-0.2, 0) is 6.42 Å². The lowest BCUT2D eigenvalue weighted by molar-refractivity contribution is 0.0947. The third kappa shape index (κ3) is 1.53. The van der Waals surface area contributed by atoms with Gasteiger partial charge in [0.2, 0.25) is 0 Å². The second-order valence-corrected chi connectivity index (χ2v) is 4.90. The molecule has 0 spiro atoms. The van der Waals surface area contributed by atoms with Gasteiger partial charge in [-0.1, -0.05) is 43.3 Å². The molecule has 0 amide bonds. The van der Waals surface area contributed by atoms with Crippen molar-refractivity contribution in [2.24, 2.45) is 5.92 Å². The number of benzene rings is 2. The van der Waals surface area contributed by atoms with Crippen LogP contribution in [0.2, 0.25) is 0 Å². The molecule has 1 unspecified atom stereocenters. The van der Waals surface area contributed by atoms with E-state index in [1.54, 1.807) is 0 Å². The summed E-state index contributed by atoms with van der Waals surface area (Å²) in [5, 5.41) is 0. The van der Waals surface area contributed by atoms with Crippen LogP contribution < -0.4 is 5.73 Å². The summed E-state index contributed by atoms with van der Waals surface area (Å²) in [6.45, 7) is 1.99. The zero-order valence-electron chi connectivity index (χ0n) is 10.3. The topological polar surface area (TPSA) is 43.1 Å². The number of nitrogens with two attached hydrogens (primary N) is 1. The molecule has 1 aliphatic rings. The molecule has 1 aliphatic carbocycles. The van der Waals surface area contributed by atoms with E-state index in [2.05, 4.69) is 0 Å². The predicted molar refractivity (Wildman–Crippen MR) is 73.5 cm³/mol. The number of nitrogen functional groups attached to an aromatic ring is 1. The number of rotatable bonds is 1. The molecule has 90 valence electrons. The van der Waals surface area contributed by atoms with Gasteiger partial charge in [0.25, 0.3) is 0 Å². The summed E-state index contributed by atoms with van der Waals surface area (Å²) < 4.78 is 0. The van der Waals surface area contributed by atoms with E-state index in [4.69, 9.17) is 5.73 Å². The van der Waals surface area contributed by atoms with Crippen LogP contribution in [-0.4, -0.2) is 5.78 Å². The van der Waals surface area contributed by atoms with E-state index in [0.717, 1.165) is 34.4 Å². The molecule has 0 radical (unpaired) electrons. The number of fused-ring (bicyclic) bond motifs is 1. The number of hydrogen-bond donors (Lipinski definition) is 1. The average molecular weight is 237 g/mol. The van der Waals surface area contributed by atoms with E-state index in [0.29, 0.717) is 0 Å². The van der Waals surface area contributed by atoms with Crippen LogP contribution in [0.4, 0.5) is 5.69 Å². The van der Waals surface area contributed by atoms with E-state index in [9.17, 15) is 4.79 Å². The van der Waals surface area contributed by atoms with E-state index in [1.165, 1.54) is 0 Å². The lowest BCUT2D eigenvalue weighted by Crippen LogP contribution is -2.05. The number of carbonyl (C=O) groups is 1. The van der Waals surface area contributed by atoms with Gasteiger partial charge in [0.15, 0.2) is 5.78 Å². The summed E-state index contributed by atoms with van der Waals surface area (Å²) >= 11 is 0. The largest absolute Gasteiger partial charge is 0.398 e. The Balaban J connectivity index is 2.25. The molecule has 2 heteroatoms. The maximum Gasteiger partial charge on any atom is 0.166 e. The third-order valence-corrected chi connectivity index (χ3v) is 3.62. The Labute approximate surface area is 106 Å². The molecule has 0 saturated carbocycles. The second kappa shape index (κ2) is 3.98. The standard InChI is InChI=1S/C16H15NO/c1-10-9-11-5-4-7-13(15(11)16(10)18)12-6-2-3-8-14(12)17/h2-8,10H,9,17H2,1H3. The van der Waals surface area contributed by atoms with E-state index >= 15 is 0 Å². The van der Waals surface area contributed by atoms with Gasteiger partial charge in [-0.25, -0.2) is 0 Å². The Morgan fingerprint density at radius 2 is 1.78 bits per heavy atom. The Morgan fingerprint density at radius 3 is 2.56 bits per heavy atom. The zero-order chi connectivity index (χ0) is 12.7. The van der Waals surface area contributed by atoms with Gasteiger partial charge in [-0.15, -0.1) is 0 Å². The molecule has 0 aliphatic heterocycles. The number of anilines is 1. The van der Waals surface area contributed by atoms with Crippen molar-refractivity contribution in [2.45, 2.75) is 13.3 Å². The van der Waals surface area contributed by atoms with E-state index in [-0.39, 0.29) is 11.7 Å². The fraction of sp³-hybridized carbons (Fsp3) is 0.188. The highest BCUT2D eigenvalue weighted by Crippen LogP contribution is 2.36. The van der Waals surface area contributed by atoms with Crippen molar-refractivity contribution >= 4 is 11.5 Å². The molecule has 0 bridgehead atoms. The van der Waals surface area contributed by atoms with Crippen LogP contribution in [0.5, 0.6) is 0 Å². The summed E-state index contributed by atoms with van der Waals surface area (Å²) in [7, 11) is 0. The molecule has 2 aromatic carbocycles. The fourth-order valence-corrected chi connectivity index (χ4v) is 2.70. The molecule has 0 aromatic heterocycles. The average Bonchev–Trinajstić information content (AvgIpc) is 2.66. The molecule has 2 aromatic rings. The molecular formula is C16H15NO. The van der Waals surface area contributed by atoms with Crippen LogP contribution in [0.1, 0.15) is 22.8 Å². The number of ketones is 1. The first-order chi connectivity index (χ1) is 8.68. The Kier molecular flexibility index (Phi) is 2.44. The number of carbonyl (C=O) groups excluding carboxylic acids is 1. The van der Waals surface area contributed by atoms with Gasteiger partial charge >= 0.3 is 0 Å². The quantitative estimate of drug-likeness (QED) is 0.773. The molecule has 2 N–H and O–H groups in total. The van der Waals surface area contributed by atoms with Crippen molar-refractivity contribution in [3.63, 3.8) is 0 Å². The summed E-state index contributed by atoms with van der Waals surface area (Å²) in [4.78, 5) is 12.3. The van der Waals surface area contributed by atoms with Crippen molar-refractivity contribution in [1.82, 2.24) is 0 Å². The molecule has 1 atom stereocenters. The first-order valence-corrected chi connectivity index (χ1v) is 6.19. The van der Waals surface area contributed by atoms with Crippen LogP contribution in [0.3, 0.4) is 0 Å². The fourth-order valence-electron chi connectivity index (χ4n) is 2.70. The van der Waals surface area contributed by atoms with Crippen molar-refractivity contribution < 1.29 is 4.79 Å². The van der Waals surface area contributed by atoms with Gasteiger partial charge in [0.1, 0.15) is 0 Å². The van der Waals surface area contributed by atoms with Gasteiger partial charge in [-0.3, -0.25) is 4.79 Å². The first kappa shape index (κ1) is 11.0. The normalized spacial score (nSPS) is 17.8. The first-order valence-electron chi connectivity index (χ1n) is 6.19. The Morgan fingerprint density at radius 1 is 1.06 bits per heavy atom. The van der Waals surface area contributed by atoms with Crippen LogP contribution >= 0.6 is 0 Å². The minimum atomic E-state index is 0.0890. The summed E-state index contributed by atoms with van der Waals surface area (Å²) in [5.41, 5.74) is 10.7. The van der Waals surface area contributed by atoms with Gasteiger partial charge in [0, 0.05) is 22.7 Å². The Bertz CT molecular complexity index is 631. The van der Waals surface area contributed by atoms with Crippen LogP contribution in [0, 0.1) is 5.92 Å². The summed E-state index contributed by atoms with van der Waals surface area (Å²) in [6, 6.07) is 13.7. The minimum absolute atomic E-state index is 0.0890. The van der Waals surface area contributed by atoms with Crippen molar-refractivity contribution in [3.05, 3.63) is 53.6 Å². The minimum Gasteiger partial charge on any atom is -0.398 e. The molecule has 3 rings (SSSR count). The molecule has 0 fully saturated rings. The van der Waals surface area contributed by atoms with Crippen LogP contribution in [0.25, 0.3) is 11.1 Å². The zero-order valence-corrected chi connectivity index (χ0v) is 10.3. The summed E-state index contributed by atoms with van der Waals surface area (Å²) in [6.07, 6.45) is 0.842. The molecule has 0 heterocycles. The van der Waals surface area contributed by atoms with Gasteiger partial charge in [0.05, 0.1) is 0 Å². The third-order valence-electron chi connectivity index (χ3n) is 3.62. The SMILES string of the molecule is CC1Cc2cccc(-c3ccccc3N)c2C1=O. The highest BCUT2D eigenvalue weighted by atomic mass is 16.1. The number of para-hydroxylation sites is 1. The van der Waals surface area contributed by atoms with Crippen molar-refractivity contribution in [3.8, 4) is 11.1 Å². The number of hydrogen-bond acceptors (Lipinski definition) is 2. The van der Waals surface area contributed by atoms with Crippen molar-refractivity contribution in [2.75, 3.05) is 5.73 Å². The monoisotopic (exact) mass is 237 g/mol. The summed E-state index contributed by atoms with van der Waals surface area (Å²) in [5.74, 6) is 0.329. The predicted octanol–water partition coefficient (Wildman–Crippen LogP) is 3.31.